The van der Waals surface area contributed by atoms with Crippen molar-refractivity contribution in [1.82, 2.24) is 10.6 Å². The Hall–Kier alpha value is -7.66. The van der Waals surface area contributed by atoms with E-state index in [2.05, 4.69) is 10.6 Å². The molecule has 10 nitrogen and oxygen atoms in total. The van der Waals surface area contributed by atoms with Gasteiger partial charge in [-0.1, -0.05) is 146 Å². The number of methoxy groups -OCH3 is 4. The van der Waals surface area contributed by atoms with Gasteiger partial charge < -0.3 is 39.8 Å². The topological polar surface area (TPSA) is 136 Å². The Bertz CT molecular complexity index is 2830. The third kappa shape index (κ3) is 8.51. The molecular formula is C59H56N2O8. The molecule has 0 unspecified atom stereocenters. The maximum absolute atomic E-state index is 15.9. The molecule has 0 radical (unpaired) electrons. The zero-order valence-corrected chi connectivity index (χ0v) is 39.1. The molecule has 0 bridgehead atoms. The minimum absolute atomic E-state index is 0.211. The molecule has 1 saturated carbocycles. The van der Waals surface area contributed by atoms with Crippen LogP contribution in [0, 0.1) is 5.41 Å². The van der Waals surface area contributed by atoms with Crippen LogP contribution in [-0.2, 0) is 20.8 Å². The van der Waals surface area contributed by atoms with Gasteiger partial charge in [0.15, 0.2) is 0 Å². The summed E-state index contributed by atoms with van der Waals surface area (Å²) in [5, 5.41) is 37.8. The van der Waals surface area contributed by atoms with Crippen molar-refractivity contribution in [2.45, 2.75) is 49.0 Å². The van der Waals surface area contributed by atoms with E-state index in [1.165, 1.54) is 0 Å². The van der Waals surface area contributed by atoms with Crippen LogP contribution in [0.1, 0.15) is 71.1 Å². The Labute approximate surface area is 402 Å². The van der Waals surface area contributed by atoms with Gasteiger partial charge in [-0.2, -0.15) is 0 Å². The van der Waals surface area contributed by atoms with Crippen molar-refractivity contribution in [2.24, 2.45) is 5.41 Å². The SMILES string of the molecule is COc1cccc(C(O)(c2cccc(OC)c2)[C@@H](NC(=O)C2(C(=O)N[C@@H](c3cccc4ccccc34)C(O)(c3cccc(OC)c3)c3cccc(OC)c3)CCCC2)c2cccc3ccccc23)c1. The van der Waals surface area contributed by atoms with Gasteiger partial charge in [-0.15, -0.1) is 0 Å². The van der Waals surface area contributed by atoms with E-state index < -0.39 is 40.5 Å². The summed E-state index contributed by atoms with van der Waals surface area (Å²) in [6.07, 6.45) is 1.60. The molecule has 0 heterocycles. The normalized spacial score (nSPS) is 14.4. The van der Waals surface area contributed by atoms with Crippen LogP contribution in [0.15, 0.2) is 182 Å². The summed E-state index contributed by atoms with van der Waals surface area (Å²) in [5.74, 6) is 0.875. The lowest BCUT2D eigenvalue weighted by atomic mass is 9.74. The Morgan fingerprint density at radius 1 is 0.449 bits per heavy atom. The van der Waals surface area contributed by atoms with Crippen LogP contribution in [-0.4, -0.2) is 50.5 Å². The van der Waals surface area contributed by atoms with Crippen molar-refractivity contribution >= 4 is 33.4 Å². The van der Waals surface area contributed by atoms with Crippen LogP contribution < -0.4 is 29.6 Å². The molecule has 0 aliphatic heterocycles. The number of carbonyl (C=O) groups is 2. The molecule has 0 aromatic heterocycles. The van der Waals surface area contributed by atoms with Crippen LogP contribution in [0.5, 0.6) is 23.0 Å². The summed E-state index contributed by atoms with van der Waals surface area (Å²) in [6.45, 7) is 0. The first-order chi connectivity index (χ1) is 33.6. The van der Waals surface area contributed by atoms with Gasteiger partial charge in [-0.3, -0.25) is 9.59 Å². The lowest BCUT2D eigenvalue weighted by Crippen LogP contribution is -2.56. The maximum Gasteiger partial charge on any atom is 0.236 e. The van der Waals surface area contributed by atoms with Gasteiger partial charge in [-0.05, 0) is 116 Å². The fraction of sp³-hybridized carbons (Fsp3) is 0.220. The van der Waals surface area contributed by atoms with Crippen LogP contribution in [0.25, 0.3) is 21.5 Å². The lowest BCUT2D eigenvalue weighted by molar-refractivity contribution is -0.146. The highest BCUT2D eigenvalue weighted by Gasteiger charge is 2.54. The van der Waals surface area contributed by atoms with Crippen molar-refractivity contribution < 1.29 is 38.7 Å². The predicted molar refractivity (Wildman–Crippen MR) is 269 cm³/mol. The minimum Gasteiger partial charge on any atom is -0.497 e. The van der Waals surface area contributed by atoms with E-state index in [0.29, 0.717) is 69.2 Å². The summed E-state index contributed by atoms with van der Waals surface area (Å²) in [4.78, 5) is 31.9. The van der Waals surface area contributed by atoms with Crippen LogP contribution in [0.2, 0.25) is 0 Å². The van der Waals surface area contributed by atoms with Gasteiger partial charge in [0, 0.05) is 0 Å². The Morgan fingerprint density at radius 3 is 1.09 bits per heavy atom. The number of amides is 2. The second-order valence-corrected chi connectivity index (χ2v) is 17.7. The van der Waals surface area contributed by atoms with E-state index in [9.17, 15) is 10.2 Å². The van der Waals surface area contributed by atoms with Gasteiger partial charge in [0.05, 0.1) is 40.5 Å². The Balaban J connectivity index is 1.23. The summed E-state index contributed by atoms with van der Waals surface area (Å²) in [6, 6.07) is 53.5. The summed E-state index contributed by atoms with van der Waals surface area (Å²) in [5.41, 5.74) is -2.57. The largest absolute Gasteiger partial charge is 0.497 e. The Morgan fingerprint density at radius 2 is 0.754 bits per heavy atom. The first kappa shape index (κ1) is 46.5. The number of aliphatic hydroxyl groups is 2. The van der Waals surface area contributed by atoms with Gasteiger partial charge in [-0.25, -0.2) is 0 Å². The van der Waals surface area contributed by atoms with Crippen molar-refractivity contribution in [3.63, 3.8) is 0 Å². The number of hydrogen-bond acceptors (Lipinski definition) is 8. The molecular weight excluding hydrogens is 865 g/mol. The van der Waals surface area contributed by atoms with E-state index >= 15 is 9.59 Å². The molecule has 0 saturated heterocycles. The molecule has 350 valence electrons. The molecule has 8 aromatic carbocycles. The van der Waals surface area contributed by atoms with E-state index in [0.717, 1.165) is 21.5 Å². The molecule has 69 heavy (non-hydrogen) atoms. The highest BCUT2D eigenvalue weighted by molar-refractivity contribution is 6.06. The number of fused-ring (bicyclic) bond motifs is 2. The molecule has 4 N–H and O–H groups in total. The van der Waals surface area contributed by atoms with Gasteiger partial charge in [0.25, 0.3) is 0 Å². The van der Waals surface area contributed by atoms with E-state index in [4.69, 9.17) is 18.9 Å². The molecule has 0 spiro atoms. The molecule has 1 aliphatic rings. The van der Waals surface area contributed by atoms with Crippen molar-refractivity contribution in [3.8, 4) is 23.0 Å². The average Bonchev–Trinajstić information content (AvgIpc) is 3.93. The average molecular weight is 921 g/mol. The van der Waals surface area contributed by atoms with Crippen LogP contribution >= 0.6 is 0 Å². The van der Waals surface area contributed by atoms with E-state index in [1.54, 1.807) is 126 Å². The molecule has 9 rings (SSSR count). The number of nitrogens with one attached hydrogen (secondary N) is 2. The van der Waals surface area contributed by atoms with E-state index in [1.807, 2.05) is 84.9 Å². The molecule has 10 heteroatoms. The highest BCUT2D eigenvalue weighted by Crippen LogP contribution is 2.49. The maximum atomic E-state index is 15.9. The fourth-order valence-electron chi connectivity index (χ4n) is 10.3. The zero-order valence-electron chi connectivity index (χ0n) is 39.1. The first-order valence-electron chi connectivity index (χ1n) is 23.2. The second-order valence-electron chi connectivity index (χ2n) is 17.7. The zero-order chi connectivity index (χ0) is 48.2. The summed E-state index contributed by atoms with van der Waals surface area (Å²) >= 11 is 0. The lowest BCUT2D eigenvalue weighted by Gasteiger charge is -2.42. The minimum atomic E-state index is -1.97. The predicted octanol–water partition coefficient (Wildman–Crippen LogP) is 10.5. The molecule has 2 amide bonds. The highest BCUT2D eigenvalue weighted by atomic mass is 16.5. The smallest absolute Gasteiger partial charge is 0.236 e. The van der Waals surface area contributed by atoms with Gasteiger partial charge in [0.2, 0.25) is 11.8 Å². The second kappa shape index (κ2) is 19.5. The van der Waals surface area contributed by atoms with Crippen LogP contribution in [0.4, 0.5) is 0 Å². The van der Waals surface area contributed by atoms with Crippen molar-refractivity contribution in [1.29, 1.82) is 0 Å². The first-order valence-corrected chi connectivity index (χ1v) is 23.2. The fourth-order valence-corrected chi connectivity index (χ4v) is 10.3. The number of benzene rings is 8. The number of rotatable bonds is 16. The van der Waals surface area contributed by atoms with Gasteiger partial charge in [0.1, 0.15) is 39.6 Å². The molecule has 1 fully saturated rings. The third-order valence-corrected chi connectivity index (χ3v) is 14.0. The van der Waals surface area contributed by atoms with E-state index in [-0.39, 0.29) is 12.8 Å². The molecule has 1 aliphatic carbocycles. The summed E-state index contributed by atoms with van der Waals surface area (Å²) in [7, 11) is 6.24. The third-order valence-electron chi connectivity index (χ3n) is 14.0. The monoisotopic (exact) mass is 920 g/mol. The number of carbonyl (C=O) groups excluding carboxylic acids is 2. The Kier molecular flexibility index (Phi) is 13.1. The van der Waals surface area contributed by atoms with Crippen molar-refractivity contribution in [2.75, 3.05) is 28.4 Å². The van der Waals surface area contributed by atoms with Crippen molar-refractivity contribution in [3.05, 3.63) is 215 Å². The quantitative estimate of drug-likeness (QED) is 0.0704. The molecule has 8 aromatic rings. The number of ether oxygens (including phenoxy) is 4. The summed E-state index contributed by atoms with van der Waals surface area (Å²) < 4.78 is 22.8. The molecule has 2 atom stereocenters. The van der Waals surface area contributed by atoms with Crippen LogP contribution in [0.3, 0.4) is 0 Å². The van der Waals surface area contributed by atoms with Gasteiger partial charge >= 0.3 is 0 Å². The standard InChI is InChI=1S/C59H56N2O8/c1-66-45-25-13-21-41(35-45)58(64,42-22-14-26-46(36-42)67-2)53(51-31-11-19-39-17-5-7-29-49(39)51)60-55(62)57(33-9-10-34-57)56(63)61-54(52-32-12-20-40-18-6-8-30-50(40)52)59(65,43-23-15-27-47(37-43)68-3)44-24-16-28-48(38-44)69-4/h5-8,11-32,35-38,53-54,64-65H,9-10,33-34H2,1-4H3,(H,60,62)(H,61,63)/t53-,54-/m0/s1. The number of hydrogen-bond donors (Lipinski definition) is 4.